The summed E-state index contributed by atoms with van der Waals surface area (Å²) in [5, 5.41) is 0.862. The highest BCUT2D eigenvalue weighted by atomic mass is 35.5. The van der Waals surface area contributed by atoms with Crippen LogP contribution in [0.5, 0.6) is 5.75 Å². The lowest BCUT2D eigenvalue weighted by Crippen LogP contribution is -2.22. The molecule has 5 rings (SSSR count). The van der Waals surface area contributed by atoms with Gasteiger partial charge in [0.05, 0.1) is 20.6 Å². The van der Waals surface area contributed by atoms with Crippen molar-refractivity contribution < 1.29 is 4.74 Å². The number of thiazole rings is 1. The second-order valence-corrected chi connectivity index (χ2v) is 8.57. The third-order valence-electron chi connectivity index (χ3n) is 4.69. The van der Waals surface area contributed by atoms with Gasteiger partial charge in [-0.3, -0.25) is 4.79 Å². The van der Waals surface area contributed by atoms with E-state index >= 15 is 0 Å². The average Bonchev–Trinajstić information content (AvgIpc) is 3.24. The third-order valence-corrected chi connectivity index (χ3v) is 6.16. The zero-order valence-corrected chi connectivity index (χ0v) is 17.8. The van der Waals surface area contributed by atoms with Crippen molar-refractivity contribution in [3.63, 3.8) is 0 Å². The molecule has 3 aromatic carbocycles. The maximum atomic E-state index is 13.1. The topological polar surface area (TPSA) is 43.6 Å². The molecule has 0 bridgehead atoms. The Labute approximate surface area is 185 Å². The number of hydrogen-bond donors (Lipinski definition) is 0. The van der Waals surface area contributed by atoms with Crippen molar-refractivity contribution in [1.82, 2.24) is 9.38 Å². The number of fused-ring (bicyclic) bond motifs is 3. The summed E-state index contributed by atoms with van der Waals surface area (Å²) in [6, 6.07) is 20.7. The van der Waals surface area contributed by atoms with E-state index in [1.54, 1.807) is 22.6 Å². The van der Waals surface area contributed by atoms with E-state index in [2.05, 4.69) is 4.98 Å². The first-order chi connectivity index (χ1) is 14.6. The predicted molar refractivity (Wildman–Crippen MR) is 123 cm³/mol. The Morgan fingerprint density at radius 2 is 1.80 bits per heavy atom. The molecular weight excluding hydrogens is 439 g/mol. The van der Waals surface area contributed by atoms with Crippen molar-refractivity contribution in [2.75, 3.05) is 0 Å². The second kappa shape index (κ2) is 7.76. The normalized spacial score (nSPS) is 12.1. The molecule has 0 aliphatic carbocycles. The lowest BCUT2D eigenvalue weighted by Gasteiger charge is -2.12. The van der Waals surface area contributed by atoms with Crippen molar-refractivity contribution in [2.24, 2.45) is 0 Å². The lowest BCUT2D eigenvalue weighted by molar-refractivity contribution is 0.306. The van der Waals surface area contributed by atoms with E-state index in [1.165, 1.54) is 11.3 Å². The zero-order chi connectivity index (χ0) is 20.7. The minimum atomic E-state index is -0.131. The molecule has 0 atom stereocenters. The molecule has 7 heteroatoms. The van der Waals surface area contributed by atoms with Crippen LogP contribution < -0.4 is 14.8 Å². The molecule has 0 unspecified atom stereocenters. The van der Waals surface area contributed by atoms with E-state index in [-0.39, 0.29) is 5.56 Å². The van der Waals surface area contributed by atoms with Gasteiger partial charge in [-0.05, 0) is 35.9 Å². The monoisotopic (exact) mass is 452 g/mol. The highest BCUT2D eigenvalue weighted by molar-refractivity contribution is 7.15. The van der Waals surface area contributed by atoms with E-state index in [4.69, 9.17) is 27.9 Å². The molecule has 0 amide bonds. The van der Waals surface area contributed by atoms with Crippen molar-refractivity contribution in [3.05, 3.63) is 103 Å². The molecule has 0 aliphatic heterocycles. The molecule has 0 spiro atoms. The summed E-state index contributed by atoms with van der Waals surface area (Å²) in [6.45, 7) is 0.353. The average molecular weight is 453 g/mol. The third kappa shape index (κ3) is 3.45. The number of rotatable bonds is 4. The first-order valence-electron chi connectivity index (χ1n) is 9.17. The van der Waals surface area contributed by atoms with Crippen LogP contribution in [0.1, 0.15) is 11.1 Å². The standard InChI is InChI=1S/C23H14Cl2N2O2S/c24-16-10-15(21(17(25)12-16)29-13-14-6-2-1-3-7-14)11-20-22(28)27-19-9-5-4-8-18(19)26-23(27)30-20/h1-12H,13H2/b20-11-. The number of nitrogens with zero attached hydrogens (tertiary/aromatic N) is 2. The Balaban J connectivity index is 1.62. The molecule has 0 aliphatic rings. The van der Waals surface area contributed by atoms with Crippen molar-refractivity contribution in [3.8, 4) is 5.75 Å². The molecule has 30 heavy (non-hydrogen) atoms. The summed E-state index contributed by atoms with van der Waals surface area (Å²) >= 11 is 14.0. The minimum absolute atomic E-state index is 0.131. The summed E-state index contributed by atoms with van der Waals surface area (Å²) in [4.78, 5) is 18.3. The van der Waals surface area contributed by atoms with E-state index < -0.39 is 0 Å². The van der Waals surface area contributed by atoms with Gasteiger partial charge in [0.15, 0.2) is 4.96 Å². The largest absolute Gasteiger partial charge is 0.487 e. The maximum absolute atomic E-state index is 13.1. The van der Waals surface area contributed by atoms with E-state index in [9.17, 15) is 4.79 Å². The molecule has 2 aromatic heterocycles. The fourth-order valence-corrected chi connectivity index (χ4v) is 4.86. The van der Waals surface area contributed by atoms with Crippen LogP contribution in [0.3, 0.4) is 0 Å². The molecule has 5 aromatic rings. The molecule has 0 saturated heterocycles. The highest BCUT2D eigenvalue weighted by Gasteiger charge is 2.13. The van der Waals surface area contributed by atoms with Crippen molar-refractivity contribution >= 4 is 56.6 Å². The smallest absolute Gasteiger partial charge is 0.274 e. The first-order valence-corrected chi connectivity index (χ1v) is 10.7. The number of hydrogen-bond acceptors (Lipinski definition) is 4. The van der Waals surface area contributed by atoms with Gasteiger partial charge in [-0.1, -0.05) is 77.0 Å². The van der Waals surface area contributed by atoms with Gasteiger partial charge < -0.3 is 4.74 Å². The van der Waals surface area contributed by atoms with Crippen LogP contribution in [0.2, 0.25) is 10.0 Å². The van der Waals surface area contributed by atoms with Gasteiger partial charge in [-0.2, -0.15) is 0 Å². The van der Waals surface area contributed by atoms with Gasteiger partial charge in [0.1, 0.15) is 12.4 Å². The minimum Gasteiger partial charge on any atom is -0.487 e. The van der Waals surface area contributed by atoms with Gasteiger partial charge in [0.2, 0.25) is 0 Å². The SMILES string of the molecule is O=c1/c(=C/c2cc(Cl)cc(Cl)c2OCc2ccccc2)sc2nc3ccccc3n12. The van der Waals surface area contributed by atoms with Crippen LogP contribution in [-0.4, -0.2) is 9.38 Å². The van der Waals surface area contributed by atoms with Gasteiger partial charge >= 0.3 is 0 Å². The maximum Gasteiger partial charge on any atom is 0.274 e. The van der Waals surface area contributed by atoms with Crippen molar-refractivity contribution in [2.45, 2.75) is 6.61 Å². The fourth-order valence-electron chi connectivity index (χ4n) is 3.32. The van der Waals surface area contributed by atoms with Crippen LogP contribution >= 0.6 is 34.5 Å². The number of ether oxygens (including phenoxy) is 1. The fraction of sp³-hybridized carbons (Fsp3) is 0.0435. The Morgan fingerprint density at radius 1 is 1.03 bits per heavy atom. The molecule has 148 valence electrons. The summed E-state index contributed by atoms with van der Waals surface area (Å²) in [7, 11) is 0. The van der Waals surface area contributed by atoms with E-state index in [0.29, 0.717) is 37.5 Å². The van der Waals surface area contributed by atoms with Crippen LogP contribution in [0.4, 0.5) is 0 Å². The number of halogens is 2. The van der Waals surface area contributed by atoms with Gasteiger partial charge in [-0.15, -0.1) is 0 Å². The predicted octanol–water partition coefficient (Wildman–Crippen LogP) is 5.34. The van der Waals surface area contributed by atoms with Crippen LogP contribution in [-0.2, 0) is 6.61 Å². The second-order valence-electron chi connectivity index (χ2n) is 6.71. The summed E-state index contributed by atoms with van der Waals surface area (Å²) < 4.78 is 8.17. The molecule has 0 radical (unpaired) electrons. The molecular formula is C23H14Cl2N2O2S. The lowest BCUT2D eigenvalue weighted by atomic mass is 10.2. The zero-order valence-electron chi connectivity index (χ0n) is 15.5. The first kappa shape index (κ1) is 19.1. The number of benzene rings is 3. The van der Waals surface area contributed by atoms with Crippen LogP contribution in [0.25, 0.3) is 22.1 Å². The van der Waals surface area contributed by atoms with Gasteiger partial charge in [0.25, 0.3) is 5.56 Å². The van der Waals surface area contributed by atoms with E-state index in [0.717, 1.165) is 16.6 Å². The van der Waals surface area contributed by atoms with Crippen LogP contribution in [0, 0.1) is 0 Å². The van der Waals surface area contributed by atoms with Gasteiger partial charge in [0, 0.05) is 10.6 Å². The Hall–Kier alpha value is -2.86. The number of aromatic nitrogens is 2. The quantitative estimate of drug-likeness (QED) is 0.369. The summed E-state index contributed by atoms with van der Waals surface area (Å²) in [5.74, 6) is 0.486. The Kier molecular flexibility index (Phi) is 4.95. The summed E-state index contributed by atoms with van der Waals surface area (Å²) in [5.41, 5.74) is 3.12. The number of imidazole rings is 1. The molecule has 4 nitrogen and oxygen atoms in total. The molecule has 0 N–H and O–H groups in total. The summed E-state index contributed by atoms with van der Waals surface area (Å²) in [6.07, 6.45) is 1.76. The Morgan fingerprint density at radius 3 is 2.63 bits per heavy atom. The highest BCUT2D eigenvalue weighted by Crippen LogP contribution is 2.33. The van der Waals surface area contributed by atoms with Crippen LogP contribution in [0.15, 0.2) is 71.5 Å². The van der Waals surface area contributed by atoms with E-state index in [1.807, 2.05) is 54.6 Å². The molecule has 0 fully saturated rings. The van der Waals surface area contributed by atoms with Gasteiger partial charge in [-0.25, -0.2) is 9.38 Å². The number of para-hydroxylation sites is 2. The Bertz CT molecular complexity index is 1490. The van der Waals surface area contributed by atoms with Crippen molar-refractivity contribution in [1.29, 1.82) is 0 Å². The molecule has 2 heterocycles. The molecule has 0 saturated carbocycles.